The molecule has 1 aliphatic rings. The van der Waals surface area contributed by atoms with E-state index in [9.17, 15) is 0 Å². The minimum atomic E-state index is 0.877. The van der Waals surface area contributed by atoms with Gasteiger partial charge in [-0.05, 0) is 25.5 Å². The smallest absolute Gasteiger partial charge is 0.225 e. The molecule has 0 amide bonds. The molecule has 88 valence electrons. The van der Waals surface area contributed by atoms with Gasteiger partial charge in [-0.3, -0.25) is 4.90 Å². The van der Waals surface area contributed by atoms with Crippen LogP contribution in [-0.2, 0) is 0 Å². The molecule has 0 aliphatic carbocycles. The second-order valence-corrected chi connectivity index (χ2v) is 4.39. The van der Waals surface area contributed by atoms with Gasteiger partial charge < -0.3 is 4.90 Å². The lowest BCUT2D eigenvalue weighted by molar-refractivity contribution is 0.257. The van der Waals surface area contributed by atoms with E-state index in [1.807, 2.05) is 19.3 Å². The van der Waals surface area contributed by atoms with Crippen molar-refractivity contribution in [1.82, 2.24) is 14.9 Å². The van der Waals surface area contributed by atoms with Crippen molar-refractivity contribution >= 4 is 5.95 Å². The van der Waals surface area contributed by atoms with E-state index in [4.69, 9.17) is 0 Å². The van der Waals surface area contributed by atoms with Gasteiger partial charge in [0.1, 0.15) is 0 Å². The third kappa shape index (κ3) is 2.70. The quantitative estimate of drug-likeness (QED) is 0.769. The fourth-order valence-electron chi connectivity index (χ4n) is 2.04. The number of anilines is 1. The summed E-state index contributed by atoms with van der Waals surface area (Å²) in [5.74, 6) is 0.877. The van der Waals surface area contributed by atoms with Crippen LogP contribution in [0.3, 0.4) is 0 Å². The Morgan fingerprint density at radius 1 is 1.12 bits per heavy atom. The first-order valence-corrected chi connectivity index (χ1v) is 6.05. The third-order valence-electron chi connectivity index (χ3n) is 2.96. The highest BCUT2D eigenvalue weighted by Gasteiger charge is 2.17. The maximum Gasteiger partial charge on any atom is 0.225 e. The van der Waals surface area contributed by atoms with E-state index in [1.165, 1.54) is 13.0 Å². The van der Waals surface area contributed by atoms with Crippen molar-refractivity contribution in [3.63, 3.8) is 0 Å². The number of aryl methyl sites for hydroxylation is 1. The molecule has 0 atom stereocenters. The van der Waals surface area contributed by atoms with Crippen molar-refractivity contribution in [1.29, 1.82) is 0 Å². The Labute approximate surface area is 97.3 Å². The Hall–Kier alpha value is -1.16. The van der Waals surface area contributed by atoms with Gasteiger partial charge in [-0.2, -0.15) is 0 Å². The molecule has 0 unspecified atom stereocenters. The average molecular weight is 220 g/mol. The van der Waals surface area contributed by atoms with Crippen LogP contribution in [0.1, 0.15) is 18.9 Å². The fraction of sp³-hybridized carbons (Fsp3) is 0.667. The van der Waals surface area contributed by atoms with Gasteiger partial charge in [-0.15, -0.1) is 0 Å². The largest absolute Gasteiger partial charge is 0.338 e. The lowest BCUT2D eigenvalue weighted by Crippen LogP contribution is -2.47. The van der Waals surface area contributed by atoms with E-state index in [0.717, 1.165) is 37.7 Å². The highest BCUT2D eigenvalue weighted by atomic mass is 15.3. The second-order valence-electron chi connectivity index (χ2n) is 4.39. The van der Waals surface area contributed by atoms with Gasteiger partial charge in [0.05, 0.1) is 0 Å². The molecule has 0 radical (unpaired) electrons. The monoisotopic (exact) mass is 220 g/mol. The molecule has 0 saturated carbocycles. The summed E-state index contributed by atoms with van der Waals surface area (Å²) in [6, 6.07) is 0. The SMILES string of the molecule is CCCN1CCN(c2ncc(C)cn2)CC1. The molecule has 0 bridgehead atoms. The molecule has 0 N–H and O–H groups in total. The fourth-order valence-corrected chi connectivity index (χ4v) is 2.04. The Morgan fingerprint density at radius 3 is 2.31 bits per heavy atom. The molecule has 2 rings (SSSR count). The molecule has 1 aliphatic heterocycles. The molecule has 1 aromatic heterocycles. The van der Waals surface area contributed by atoms with Crippen LogP contribution in [0.2, 0.25) is 0 Å². The minimum Gasteiger partial charge on any atom is -0.338 e. The van der Waals surface area contributed by atoms with Crippen LogP contribution in [0, 0.1) is 6.92 Å². The lowest BCUT2D eigenvalue weighted by atomic mass is 10.3. The highest BCUT2D eigenvalue weighted by molar-refractivity contribution is 5.30. The summed E-state index contributed by atoms with van der Waals surface area (Å²) < 4.78 is 0. The molecule has 1 fully saturated rings. The molecule has 4 nitrogen and oxygen atoms in total. The average Bonchev–Trinajstić information content (AvgIpc) is 2.32. The Morgan fingerprint density at radius 2 is 1.75 bits per heavy atom. The van der Waals surface area contributed by atoms with Crippen LogP contribution in [0.5, 0.6) is 0 Å². The number of piperazine rings is 1. The summed E-state index contributed by atoms with van der Waals surface area (Å²) in [5.41, 5.74) is 1.12. The second kappa shape index (κ2) is 5.25. The molecule has 4 heteroatoms. The van der Waals surface area contributed by atoms with Gasteiger partial charge in [-0.25, -0.2) is 9.97 Å². The zero-order valence-corrected chi connectivity index (χ0v) is 10.2. The summed E-state index contributed by atoms with van der Waals surface area (Å²) >= 11 is 0. The van der Waals surface area contributed by atoms with Gasteiger partial charge in [0.15, 0.2) is 0 Å². The molecular formula is C12H20N4. The normalized spacial score (nSPS) is 17.8. The van der Waals surface area contributed by atoms with Crippen LogP contribution < -0.4 is 4.90 Å². The first-order chi connectivity index (χ1) is 7.79. The minimum absolute atomic E-state index is 0.877. The van der Waals surface area contributed by atoms with Crippen LogP contribution in [0.25, 0.3) is 0 Å². The van der Waals surface area contributed by atoms with E-state index in [2.05, 4.69) is 26.7 Å². The number of nitrogens with zero attached hydrogens (tertiary/aromatic N) is 4. The molecule has 0 spiro atoms. The summed E-state index contributed by atoms with van der Waals surface area (Å²) in [5, 5.41) is 0. The maximum atomic E-state index is 4.37. The van der Waals surface area contributed by atoms with Crippen LogP contribution in [0.15, 0.2) is 12.4 Å². The predicted molar refractivity (Wildman–Crippen MR) is 65.7 cm³/mol. The molecule has 1 aromatic rings. The molecule has 2 heterocycles. The Bertz CT molecular complexity index is 314. The van der Waals surface area contributed by atoms with Gasteiger partial charge in [0.25, 0.3) is 0 Å². The first-order valence-electron chi connectivity index (χ1n) is 6.05. The summed E-state index contributed by atoms with van der Waals surface area (Å²) in [6.45, 7) is 9.81. The van der Waals surface area contributed by atoms with Gasteiger partial charge in [0, 0.05) is 38.6 Å². The van der Waals surface area contributed by atoms with E-state index >= 15 is 0 Å². The zero-order valence-electron chi connectivity index (χ0n) is 10.2. The van der Waals surface area contributed by atoms with Crippen LogP contribution >= 0.6 is 0 Å². The molecule has 1 saturated heterocycles. The third-order valence-corrected chi connectivity index (χ3v) is 2.96. The number of hydrogen-bond donors (Lipinski definition) is 0. The standard InChI is InChI=1S/C12H20N4/c1-3-4-15-5-7-16(8-6-15)12-13-9-11(2)10-14-12/h9-10H,3-8H2,1-2H3. The topological polar surface area (TPSA) is 32.3 Å². The van der Waals surface area contributed by atoms with Crippen molar-refractivity contribution in [3.8, 4) is 0 Å². The predicted octanol–water partition coefficient (Wildman–Crippen LogP) is 1.32. The Balaban J connectivity index is 1.91. The van der Waals surface area contributed by atoms with E-state index in [-0.39, 0.29) is 0 Å². The number of hydrogen-bond acceptors (Lipinski definition) is 4. The van der Waals surface area contributed by atoms with Crippen molar-refractivity contribution in [2.24, 2.45) is 0 Å². The highest BCUT2D eigenvalue weighted by Crippen LogP contribution is 2.10. The van der Waals surface area contributed by atoms with Gasteiger partial charge in [0.2, 0.25) is 5.95 Å². The van der Waals surface area contributed by atoms with E-state index in [0.29, 0.717) is 0 Å². The first kappa shape index (κ1) is 11.3. The molecule has 16 heavy (non-hydrogen) atoms. The number of rotatable bonds is 3. The van der Waals surface area contributed by atoms with E-state index < -0.39 is 0 Å². The maximum absolute atomic E-state index is 4.37. The van der Waals surface area contributed by atoms with Crippen molar-refractivity contribution in [2.75, 3.05) is 37.6 Å². The summed E-state index contributed by atoms with van der Waals surface area (Å²) in [7, 11) is 0. The van der Waals surface area contributed by atoms with Crippen LogP contribution in [-0.4, -0.2) is 47.6 Å². The zero-order chi connectivity index (χ0) is 11.4. The van der Waals surface area contributed by atoms with Crippen molar-refractivity contribution in [3.05, 3.63) is 18.0 Å². The Kier molecular flexibility index (Phi) is 3.72. The van der Waals surface area contributed by atoms with Crippen molar-refractivity contribution in [2.45, 2.75) is 20.3 Å². The summed E-state index contributed by atoms with van der Waals surface area (Å²) in [6.07, 6.45) is 5.02. The van der Waals surface area contributed by atoms with Crippen molar-refractivity contribution < 1.29 is 0 Å². The van der Waals surface area contributed by atoms with E-state index in [1.54, 1.807) is 0 Å². The van der Waals surface area contributed by atoms with Gasteiger partial charge >= 0.3 is 0 Å². The number of aromatic nitrogens is 2. The summed E-state index contributed by atoms with van der Waals surface area (Å²) in [4.78, 5) is 13.5. The van der Waals surface area contributed by atoms with Gasteiger partial charge in [-0.1, -0.05) is 6.92 Å². The molecule has 0 aromatic carbocycles. The lowest BCUT2D eigenvalue weighted by Gasteiger charge is -2.34. The molecular weight excluding hydrogens is 200 g/mol. The van der Waals surface area contributed by atoms with Crippen LogP contribution in [0.4, 0.5) is 5.95 Å².